The fourth-order valence-electron chi connectivity index (χ4n) is 4.95. The summed E-state index contributed by atoms with van der Waals surface area (Å²) in [4.78, 5) is 38.6. The van der Waals surface area contributed by atoms with Crippen LogP contribution in [0.2, 0.25) is 0 Å². The van der Waals surface area contributed by atoms with Gasteiger partial charge in [-0.15, -0.1) is 11.3 Å². The van der Waals surface area contributed by atoms with E-state index in [1.807, 2.05) is 30.3 Å². The second-order valence-corrected chi connectivity index (χ2v) is 12.9. The van der Waals surface area contributed by atoms with Crippen LogP contribution in [0.25, 0.3) is 31.3 Å². The molecule has 0 radical (unpaired) electrons. The van der Waals surface area contributed by atoms with E-state index in [4.69, 9.17) is 4.74 Å². The van der Waals surface area contributed by atoms with E-state index in [-0.39, 0.29) is 13.0 Å². The van der Waals surface area contributed by atoms with E-state index in [9.17, 15) is 19.5 Å². The number of rotatable bonds is 7. The lowest BCUT2D eigenvalue weighted by atomic mass is 9.99. The van der Waals surface area contributed by atoms with E-state index in [1.54, 1.807) is 35.6 Å². The Labute approximate surface area is 257 Å². The molecule has 10 heteroatoms. The molecule has 1 unspecified atom stereocenters. The van der Waals surface area contributed by atoms with E-state index in [1.165, 1.54) is 4.70 Å². The van der Waals surface area contributed by atoms with Crippen LogP contribution < -0.4 is 4.74 Å². The molecule has 0 spiro atoms. The van der Waals surface area contributed by atoms with Crippen molar-refractivity contribution in [1.82, 2.24) is 4.90 Å². The Morgan fingerprint density at radius 3 is 2.12 bits per heavy atom. The number of imide groups is 1. The number of carboxylic acids is 1. The summed E-state index contributed by atoms with van der Waals surface area (Å²) in [6.45, 7) is -0.0865. The summed E-state index contributed by atoms with van der Waals surface area (Å²) in [6, 6.07) is 22.7. The monoisotopic (exact) mass is 741 g/mol. The lowest BCUT2D eigenvalue weighted by Gasteiger charge is -2.21. The molecule has 0 aliphatic carbocycles. The fraction of sp³-hybridized carbons (Fsp3) is 0.100. The van der Waals surface area contributed by atoms with Crippen LogP contribution in [-0.2, 0) is 4.79 Å². The SMILES string of the molecule is O=C(O)C(CCN1C(=O)c2ccccc2C1=O)Oc1c(Br)cc(-c2c(Br)ccc3sc4ccccc4c23)cc1Br. The number of aliphatic carboxylic acids is 1. The summed E-state index contributed by atoms with van der Waals surface area (Å²) in [7, 11) is 0. The molecule has 0 saturated carbocycles. The molecule has 2 amide bonds. The minimum atomic E-state index is -1.29. The van der Waals surface area contributed by atoms with Crippen LogP contribution >= 0.6 is 59.1 Å². The van der Waals surface area contributed by atoms with Crippen molar-refractivity contribution in [3.63, 3.8) is 0 Å². The van der Waals surface area contributed by atoms with Gasteiger partial charge in [0.2, 0.25) is 0 Å². The second-order valence-electron chi connectivity index (χ2n) is 9.20. The van der Waals surface area contributed by atoms with Crippen LogP contribution in [0.4, 0.5) is 0 Å². The van der Waals surface area contributed by atoms with Gasteiger partial charge in [0.05, 0.1) is 20.1 Å². The third-order valence-electron chi connectivity index (χ3n) is 6.81. The van der Waals surface area contributed by atoms with Crippen LogP contribution in [0.3, 0.4) is 0 Å². The number of hydrogen-bond donors (Lipinski definition) is 1. The molecule has 2 heterocycles. The Morgan fingerprint density at radius 2 is 1.48 bits per heavy atom. The highest BCUT2D eigenvalue weighted by Gasteiger charge is 2.36. The standard InChI is InChI=1S/C30H18Br3NO5S/c31-19-9-10-24-26(18-7-3-4-8-23(18)40-24)25(19)15-13-20(32)27(21(33)14-15)39-22(30(37)38)11-12-34-28(35)16-5-1-2-6-17(16)29(34)36/h1-10,13-14,22H,11-12H2,(H,37,38). The molecule has 1 aromatic heterocycles. The summed E-state index contributed by atoms with van der Waals surface area (Å²) in [5.74, 6) is -1.75. The van der Waals surface area contributed by atoms with Crippen molar-refractivity contribution in [3.05, 3.63) is 97.3 Å². The molecule has 4 aromatic carbocycles. The number of fused-ring (bicyclic) bond motifs is 4. The first kappa shape index (κ1) is 27.1. The molecule has 40 heavy (non-hydrogen) atoms. The van der Waals surface area contributed by atoms with Crippen LogP contribution in [-0.4, -0.2) is 40.4 Å². The van der Waals surface area contributed by atoms with E-state index in [0.29, 0.717) is 25.8 Å². The van der Waals surface area contributed by atoms with Crippen LogP contribution in [0, 0.1) is 0 Å². The van der Waals surface area contributed by atoms with E-state index < -0.39 is 23.9 Å². The summed E-state index contributed by atoms with van der Waals surface area (Å²) in [5, 5.41) is 12.2. The van der Waals surface area contributed by atoms with Gasteiger partial charge in [-0.25, -0.2) is 4.79 Å². The average Bonchev–Trinajstić information content (AvgIpc) is 3.42. The lowest BCUT2D eigenvalue weighted by Crippen LogP contribution is -2.36. The Bertz CT molecular complexity index is 1810. The minimum Gasteiger partial charge on any atom is -0.479 e. The zero-order chi connectivity index (χ0) is 28.1. The maximum Gasteiger partial charge on any atom is 0.344 e. The third kappa shape index (κ3) is 4.66. The van der Waals surface area contributed by atoms with Crippen molar-refractivity contribution in [2.45, 2.75) is 12.5 Å². The first-order valence-corrected chi connectivity index (χ1v) is 15.4. The summed E-state index contributed by atoms with van der Waals surface area (Å²) in [5.41, 5.74) is 2.57. The minimum absolute atomic E-state index is 0.0762. The topological polar surface area (TPSA) is 83.9 Å². The quantitative estimate of drug-likeness (QED) is 0.169. The van der Waals surface area contributed by atoms with Gasteiger partial charge in [-0.05, 0) is 79.9 Å². The number of thiophene rings is 1. The van der Waals surface area contributed by atoms with Gasteiger partial charge in [-0.1, -0.05) is 46.3 Å². The van der Waals surface area contributed by atoms with Crippen molar-refractivity contribution in [2.75, 3.05) is 6.54 Å². The van der Waals surface area contributed by atoms with E-state index in [2.05, 4.69) is 66.0 Å². The molecule has 6 rings (SSSR count). The highest BCUT2D eigenvalue weighted by molar-refractivity contribution is 9.11. The van der Waals surface area contributed by atoms with E-state index >= 15 is 0 Å². The highest BCUT2D eigenvalue weighted by Crippen LogP contribution is 2.46. The first-order valence-electron chi connectivity index (χ1n) is 12.2. The molecule has 0 saturated heterocycles. The molecular formula is C30H18Br3NO5S. The highest BCUT2D eigenvalue weighted by atomic mass is 79.9. The van der Waals surface area contributed by atoms with Crippen LogP contribution in [0.1, 0.15) is 27.1 Å². The Kier molecular flexibility index (Phi) is 7.28. The molecule has 6 nitrogen and oxygen atoms in total. The molecule has 0 bridgehead atoms. The summed E-state index contributed by atoms with van der Waals surface area (Å²) < 4.78 is 10.4. The first-order chi connectivity index (χ1) is 19.2. The number of carboxylic acid groups (broad SMARTS) is 1. The van der Waals surface area contributed by atoms with Gasteiger partial charge in [0.25, 0.3) is 11.8 Å². The fourth-order valence-corrected chi connectivity index (χ4v) is 8.00. The van der Waals surface area contributed by atoms with Crippen molar-refractivity contribution >= 4 is 97.1 Å². The van der Waals surface area contributed by atoms with Gasteiger partial charge >= 0.3 is 5.97 Å². The number of benzene rings is 4. The third-order valence-corrected chi connectivity index (χ3v) is 9.78. The second kappa shape index (κ2) is 10.7. The largest absolute Gasteiger partial charge is 0.479 e. The van der Waals surface area contributed by atoms with Gasteiger partial charge in [-0.3, -0.25) is 14.5 Å². The zero-order valence-corrected chi connectivity index (χ0v) is 26.1. The number of hydrogen-bond acceptors (Lipinski definition) is 5. The molecule has 1 aliphatic rings. The molecule has 0 fully saturated rings. The number of ether oxygens (including phenoxy) is 1. The predicted octanol–water partition coefficient (Wildman–Crippen LogP) is 8.53. The molecule has 1 aliphatic heterocycles. The predicted molar refractivity (Wildman–Crippen MR) is 166 cm³/mol. The van der Waals surface area contributed by atoms with Gasteiger partial charge in [0.15, 0.2) is 6.10 Å². The van der Waals surface area contributed by atoms with Gasteiger partial charge < -0.3 is 9.84 Å². The maximum absolute atomic E-state index is 12.7. The Morgan fingerprint density at radius 1 is 0.850 bits per heavy atom. The van der Waals surface area contributed by atoms with Crippen LogP contribution in [0.5, 0.6) is 5.75 Å². The molecule has 1 N–H and O–H groups in total. The van der Waals surface area contributed by atoms with E-state index in [0.717, 1.165) is 36.0 Å². The molecular weight excluding hydrogens is 726 g/mol. The van der Waals surface area contributed by atoms with Crippen molar-refractivity contribution in [2.24, 2.45) is 0 Å². The smallest absolute Gasteiger partial charge is 0.344 e. The van der Waals surface area contributed by atoms with Crippen LogP contribution in [0.15, 0.2) is 86.2 Å². The lowest BCUT2D eigenvalue weighted by molar-refractivity contribution is -0.145. The summed E-state index contributed by atoms with van der Waals surface area (Å²) >= 11 is 12.6. The van der Waals surface area contributed by atoms with Crippen molar-refractivity contribution in [3.8, 4) is 16.9 Å². The van der Waals surface area contributed by atoms with Gasteiger partial charge in [0, 0.05) is 43.2 Å². The Hall–Kier alpha value is -3.05. The Balaban J connectivity index is 1.29. The number of carbonyl (C=O) groups is 3. The molecule has 1 atom stereocenters. The van der Waals surface area contributed by atoms with Crippen molar-refractivity contribution in [1.29, 1.82) is 0 Å². The average molecular weight is 744 g/mol. The molecule has 5 aromatic rings. The van der Waals surface area contributed by atoms with Gasteiger partial charge in [-0.2, -0.15) is 0 Å². The van der Waals surface area contributed by atoms with Crippen molar-refractivity contribution < 1.29 is 24.2 Å². The number of halogens is 3. The summed E-state index contributed by atoms with van der Waals surface area (Å²) in [6.07, 6.45) is -1.37. The normalized spacial score (nSPS) is 13.7. The molecule has 200 valence electrons. The number of amides is 2. The number of carbonyl (C=O) groups excluding carboxylic acids is 2. The van der Waals surface area contributed by atoms with Gasteiger partial charge in [0.1, 0.15) is 5.75 Å². The number of nitrogens with zero attached hydrogens (tertiary/aromatic N) is 1. The zero-order valence-electron chi connectivity index (χ0n) is 20.5. The maximum atomic E-state index is 12.7.